The molecule has 1 amide bonds. The molecule has 19 heavy (non-hydrogen) atoms. The molecule has 0 unspecified atom stereocenters. The van der Waals surface area contributed by atoms with Gasteiger partial charge in [0.05, 0.1) is 0 Å². The average molecular weight is 282 g/mol. The molecule has 1 aromatic rings. The van der Waals surface area contributed by atoms with Crippen LogP contribution in [0.2, 0.25) is 0 Å². The van der Waals surface area contributed by atoms with Crippen molar-refractivity contribution in [2.45, 2.75) is 33.1 Å². The van der Waals surface area contributed by atoms with Gasteiger partial charge in [-0.05, 0) is 18.3 Å². The molecule has 0 radical (unpaired) electrons. The number of amides is 1. The van der Waals surface area contributed by atoms with Crippen molar-refractivity contribution in [3.8, 4) is 0 Å². The fourth-order valence-electron chi connectivity index (χ4n) is 2.21. The molecule has 1 aliphatic heterocycles. The van der Waals surface area contributed by atoms with E-state index in [-0.39, 0.29) is 16.6 Å². The number of carbonyl (C=O) groups is 2. The Labute approximate surface area is 116 Å². The summed E-state index contributed by atoms with van der Waals surface area (Å²) in [7, 11) is 0. The van der Waals surface area contributed by atoms with E-state index < -0.39 is 5.97 Å². The molecule has 5 nitrogen and oxygen atoms in total. The highest BCUT2D eigenvalue weighted by molar-refractivity contribution is 7.11. The van der Waals surface area contributed by atoms with E-state index in [9.17, 15) is 9.59 Å². The van der Waals surface area contributed by atoms with Crippen molar-refractivity contribution < 1.29 is 14.7 Å². The van der Waals surface area contributed by atoms with Crippen molar-refractivity contribution in [3.63, 3.8) is 0 Å². The third-order valence-electron chi connectivity index (χ3n) is 4.02. The molecule has 104 valence electrons. The standard InChI is InChI=1S/C13H18N2O3S/c1-3-13(2)4-6-15(7-5-13)11(16)10-14-9(8-19-10)12(17)18/h8H,3-7H2,1-2H3,(H,17,18). The van der Waals surface area contributed by atoms with Gasteiger partial charge in [0, 0.05) is 18.5 Å². The third-order valence-corrected chi connectivity index (χ3v) is 4.85. The number of carboxylic acid groups (broad SMARTS) is 1. The maximum absolute atomic E-state index is 12.2. The van der Waals surface area contributed by atoms with Crippen LogP contribution in [0.4, 0.5) is 0 Å². The first-order chi connectivity index (χ1) is 8.95. The van der Waals surface area contributed by atoms with Gasteiger partial charge in [0.1, 0.15) is 0 Å². The van der Waals surface area contributed by atoms with E-state index >= 15 is 0 Å². The molecule has 1 N–H and O–H groups in total. The quantitative estimate of drug-likeness (QED) is 0.924. The zero-order valence-electron chi connectivity index (χ0n) is 11.2. The van der Waals surface area contributed by atoms with Crippen molar-refractivity contribution in [3.05, 3.63) is 16.1 Å². The van der Waals surface area contributed by atoms with Gasteiger partial charge in [-0.15, -0.1) is 11.3 Å². The molecule has 0 atom stereocenters. The van der Waals surface area contributed by atoms with E-state index in [0.717, 1.165) is 43.7 Å². The molecular formula is C13H18N2O3S. The molecular weight excluding hydrogens is 264 g/mol. The first-order valence-corrected chi connectivity index (χ1v) is 7.31. The summed E-state index contributed by atoms with van der Waals surface area (Å²) in [5.74, 6) is -1.23. The van der Waals surface area contributed by atoms with Crippen molar-refractivity contribution >= 4 is 23.2 Å². The molecule has 1 aliphatic rings. The maximum atomic E-state index is 12.2. The smallest absolute Gasteiger partial charge is 0.355 e. The van der Waals surface area contributed by atoms with E-state index in [4.69, 9.17) is 5.11 Å². The number of nitrogens with zero attached hydrogens (tertiary/aromatic N) is 2. The van der Waals surface area contributed by atoms with Crippen LogP contribution in [0.5, 0.6) is 0 Å². The number of aromatic nitrogens is 1. The van der Waals surface area contributed by atoms with Crippen molar-refractivity contribution in [1.82, 2.24) is 9.88 Å². The lowest BCUT2D eigenvalue weighted by Gasteiger charge is -2.38. The van der Waals surface area contributed by atoms with Gasteiger partial charge in [-0.25, -0.2) is 9.78 Å². The molecule has 1 saturated heterocycles. The number of hydrogen-bond donors (Lipinski definition) is 1. The second kappa shape index (κ2) is 5.28. The van der Waals surface area contributed by atoms with E-state index in [0.29, 0.717) is 5.41 Å². The zero-order chi connectivity index (χ0) is 14.0. The van der Waals surface area contributed by atoms with Gasteiger partial charge in [-0.2, -0.15) is 0 Å². The lowest BCUT2D eigenvalue weighted by atomic mass is 9.78. The minimum absolute atomic E-state index is 0.0521. The Balaban J connectivity index is 2.03. The van der Waals surface area contributed by atoms with Crippen molar-refractivity contribution in [2.75, 3.05) is 13.1 Å². The summed E-state index contributed by atoms with van der Waals surface area (Å²) in [6.45, 7) is 5.88. The van der Waals surface area contributed by atoms with Gasteiger partial charge in [0.2, 0.25) is 0 Å². The summed E-state index contributed by atoms with van der Waals surface area (Å²) in [5.41, 5.74) is 0.273. The molecule has 0 aromatic carbocycles. The highest BCUT2D eigenvalue weighted by Crippen LogP contribution is 2.34. The topological polar surface area (TPSA) is 70.5 Å². The molecule has 1 fully saturated rings. The average Bonchev–Trinajstić information content (AvgIpc) is 2.88. The van der Waals surface area contributed by atoms with Crippen molar-refractivity contribution in [1.29, 1.82) is 0 Å². The monoisotopic (exact) mass is 282 g/mol. The van der Waals surface area contributed by atoms with Crippen LogP contribution < -0.4 is 0 Å². The van der Waals surface area contributed by atoms with E-state index in [1.54, 1.807) is 4.90 Å². The second-order valence-corrected chi connectivity index (χ2v) is 6.16. The molecule has 0 aliphatic carbocycles. The molecule has 0 saturated carbocycles. The molecule has 0 spiro atoms. The van der Waals surface area contributed by atoms with Gasteiger partial charge >= 0.3 is 5.97 Å². The Hall–Kier alpha value is -1.43. The molecule has 6 heteroatoms. The zero-order valence-corrected chi connectivity index (χ0v) is 12.0. The number of thiazole rings is 1. The van der Waals surface area contributed by atoms with Crippen LogP contribution in [-0.4, -0.2) is 40.0 Å². The normalized spacial score (nSPS) is 18.3. The fraction of sp³-hybridized carbons (Fsp3) is 0.615. The Morgan fingerprint density at radius 2 is 2.11 bits per heavy atom. The van der Waals surface area contributed by atoms with Crippen LogP contribution >= 0.6 is 11.3 Å². The SMILES string of the molecule is CCC1(C)CCN(C(=O)c2nc(C(=O)O)cs2)CC1. The highest BCUT2D eigenvalue weighted by Gasteiger charge is 2.31. The summed E-state index contributed by atoms with van der Waals surface area (Å²) in [5, 5.41) is 10.5. The lowest BCUT2D eigenvalue weighted by molar-refractivity contribution is 0.0600. The van der Waals surface area contributed by atoms with Gasteiger partial charge in [-0.3, -0.25) is 4.79 Å². The summed E-state index contributed by atoms with van der Waals surface area (Å²) < 4.78 is 0. The number of rotatable bonds is 3. The molecule has 2 heterocycles. The van der Waals surface area contributed by atoms with Crippen molar-refractivity contribution in [2.24, 2.45) is 5.41 Å². The predicted octanol–water partition coefficient (Wildman–Crippen LogP) is 2.49. The fourth-order valence-corrected chi connectivity index (χ4v) is 2.97. The molecule has 0 bridgehead atoms. The Morgan fingerprint density at radius 3 is 2.58 bits per heavy atom. The molecule has 2 rings (SSSR count). The lowest BCUT2D eigenvalue weighted by Crippen LogP contribution is -2.41. The van der Waals surface area contributed by atoms with E-state index in [1.807, 2.05) is 0 Å². The summed E-state index contributed by atoms with van der Waals surface area (Å²) in [4.78, 5) is 28.6. The predicted molar refractivity (Wildman–Crippen MR) is 72.6 cm³/mol. The maximum Gasteiger partial charge on any atom is 0.355 e. The van der Waals surface area contributed by atoms with Gasteiger partial charge < -0.3 is 10.0 Å². The minimum Gasteiger partial charge on any atom is -0.476 e. The van der Waals surface area contributed by atoms with Crippen LogP contribution in [0, 0.1) is 5.41 Å². The highest BCUT2D eigenvalue weighted by atomic mass is 32.1. The van der Waals surface area contributed by atoms with Gasteiger partial charge in [0.15, 0.2) is 10.7 Å². The third kappa shape index (κ3) is 2.94. The van der Waals surface area contributed by atoms with Crippen LogP contribution in [0.3, 0.4) is 0 Å². The first-order valence-electron chi connectivity index (χ1n) is 6.43. The van der Waals surface area contributed by atoms with Crippen LogP contribution in [0.15, 0.2) is 5.38 Å². The second-order valence-electron chi connectivity index (χ2n) is 5.30. The van der Waals surface area contributed by atoms with Crippen LogP contribution in [-0.2, 0) is 0 Å². The molecule has 1 aromatic heterocycles. The van der Waals surface area contributed by atoms with Crippen LogP contribution in [0.1, 0.15) is 53.4 Å². The summed E-state index contributed by atoms with van der Waals surface area (Å²) in [6, 6.07) is 0. The number of likely N-dealkylation sites (tertiary alicyclic amines) is 1. The summed E-state index contributed by atoms with van der Waals surface area (Å²) >= 11 is 1.10. The number of aromatic carboxylic acids is 1. The largest absolute Gasteiger partial charge is 0.476 e. The van der Waals surface area contributed by atoms with Gasteiger partial charge in [-0.1, -0.05) is 20.3 Å². The number of piperidine rings is 1. The first kappa shape index (κ1) is 14.0. The van der Waals surface area contributed by atoms with Gasteiger partial charge in [0.25, 0.3) is 5.91 Å². The Morgan fingerprint density at radius 1 is 1.47 bits per heavy atom. The number of carbonyl (C=O) groups excluding carboxylic acids is 1. The van der Waals surface area contributed by atoms with E-state index in [1.165, 1.54) is 5.38 Å². The van der Waals surface area contributed by atoms with Crippen LogP contribution in [0.25, 0.3) is 0 Å². The summed E-state index contributed by atoms with van der Waals surface area (Å²) in [6.07, 6.45) is 3.11. The number of carboxylic acids is 1. The Kier molecular flexibility index (Phi) is 3.89. The Bertz CT molecular complexity index is 490. The van der Waals surface area contributed by atoms with E-state index in [2.05, 4.69) is 18.8 Å². The minimum atomic E-state index is -1.09. The number of hydrogen-bond acceptors (Lipinski definition) is 4.